The number of primary amides is 1. The second-order valence-corrected chi connectivity index (χ2v) is 5.07. The molecule has 5 N–H and O–H groups in total. The van der Waals surface area contributed by atoms with E-state index in [0.29, 0.717) is 13.0 Å². The summed E-state index contributed by atoms with van der Waals surface area (Å²) in [5.74, 6) is -1.79. The Morgan fingerprint density at radius 1 is 1.33 bits per heavy atom. The summed E-state index contributed by atoms with van der Waals surface area (Å²) in [7, 11) is 0. The Balaban J connectivity index is 2.22. The topological polar surface area (TPSA) is 131 Å². The minimum atomic E-state index is -1.19. The van der Waals surface area contributed by atoms with E-state index in [-0.39, 0.29) is 18.9 Å². The number of nitrogens with two attached hydrogens (primary N) is 1. The Morgan fingerprint density at radius 2 is 2.10 bits per heavy atom. The van der Waals surface area contributed by atoms with E-state index in [0.717, 1.165) is 25.9 Å². The minimum absolute atomic E-state index is 0.0240. The fraction of sp³-hybridized carbons (Fsp3) is 0.769. The Morgan fingerprint density at radius 3 is 2.67 bits per heavy atom. The molecule has 1 rings (SSSR count). The van der Waals surface area contributed by atoms with Crippen LogP contribution < -0.4 is 16.4 Å². The van der Waals surface area contributed by atoms with Crippen molar-refractivity contribution in [2.45, 2.75) is 50.7 Å². The molecule has 1 saturated heterocycles. The first-order chi connectivity index (χ1) is 9.99. The maximum Gasteiger partial charge on any atom is 0.326 e. The molecule has 1 heterocycles. The number of nitrogens with one attached hydrogen (secondary N) is 2. The number of carbonyl (C=O) groups is 3. The lowest BCUT2D eigenvalue weighted by Gasteiger charge is -2.22. The highest BCUT2D eigenvalue weighted by molar-refractivity contribution is 5.83. The third-order valence-electron chi connectivity index (χ3n) is 3.31. The first-order valence-electron chi connectivity index (χ1n) is 7.16. The highest BCUT2D eigenvalue weighted by atomic mass is 16.5. The van der Waals surface area contributed by atoms with E-state index in [2.05, 4.69) is 10.6 Å². The summed E-state index contributed by atoms with van der Waals surface area (Å²) in [6.07, 6.45) is 3.93. The molecule has 8 nitrogen and oxygen atoms in total. The molecule has 0 aromatic heterocycles. The second-order valence-electron chi connectivity index (χ2n) is 5.07. The van der Waals surface area contributed by atoms with Gasteiger partial charge >= 0.3 is 12.0 Å². The van der Waals surface area contributed by atoms with Gasteiger partial charge in [0.2, 0.25) is 5.91 Å². The highest BCUT2D eigenvalue weighted by Gasteiger charge is 2.20. The number of carboxylic acids is 1. The summed E-state index contributed by atoms with van der Waals surface area (Å²) in [5, 5.41) is 13.9. The molecule has 2 atom stereocenters. The van der Waals surface area contributed by atoms with Crippen LogP contribution in [0.2, 0.25) is 0 Å². The molecule has 0 bridgehead atoms. The normalized spacial score (nSPS) is 19.5. The second kappa shape index (κ2) is 9.17. The number of carboxylic acid groups (broad SMARTS) is 1. The standard InChI is InChI=1S/C13H23N3O5/c14-11(17)5-4-10(12(18)19)16-13(20)15-7-6-9-3-1-2-8-21-9/h9-10H,1-8H2,(H2,14,17)(H,18,19)(H2,15,16,20). The molecule has 1 aliphatic rings. The van der Waals surface area contributed by atoms with Gasteiger partial charge in [0, 0.05) is 19.6 Å². The monoisotopic (exact) mass is 301 g/mol. The summed E-state index contributed by atoms with van der Waals surface area (Å²) < 4.78 is 5.53. The Bertz CT molecular complexity index is 369. The maximum absolute atomic E-state index is 11.6. The molecule has 0 saturated carbocycles. The van der Waals surface area contributed by atoms with Gasteiger partial charge in [-0.05, 0) is 32.1 Å². The van der Waals surface area contributed by atoms with Crippen molar-refractivity contribution in [2.75, 3.05) is 13.2 Å². The minimum Gasteiger partial charge on any atom is -0.480 e. The van der Waals surface area contributed by atoms with Crippen LogP contribution in [0.3, 0.4) is 0 Å². The van der Waals surface area contributed by atoms with E-state index in [1.165, 1.54) is 0 Å². The first-order valence-corrected chi connectivity index (χ1v) is 7.16. The molecule has 2 unspecified atom stereocenters. The largest absolute Gasteiger partial charge is 0.480 e. The van der Waals surface area contributed by atoms with Crippen LogP contribution >= 0.6 is 0 Å². The van der Waals surface area contributed by atoms with E-state index in [9.17, 15) is 14.4 Å². The lowest BCUT2D eigenvalue weighted by Crippen LogP contribution is -2.47. The third-order valence-corrected chi connectivity index (χ3v) is 3.31. The van der Waals surface area contributed by atoms with Gasteiger partial charge in [-0.2, -0.15) is 0 Å². The van der Waals surface area contributed by atoms with Crippen LogP contribution in [0, 0.1) is 0 Å². The summed E-state index contributed by atoms with van der Waals surface area (Å²) in [6.45, 7) is 1.17. The summed E-state index contributed by atoms with van der Waals surface area (Å²) >= 11 is 0. The molecule has 8 heteroatoms. The average Bonchev–Trinajstić information content (AvgIpc) is 2.44. The molecule has 1 fully saturated rings. The lowest BCUT2D eigenvalue weighted by atomic mass is 10.1. The van der Waals surface area contributed by atoms with Crippen LogP contribution in [0.1, 0.15) is 38.5 Å². The highest BCUT2D eigenvalue weighted by Crippen LogP contribution is 2.14. The van der Waals surface area contributed by atoms with Crippen molar-refractivity contribution in [3.8, 4) is 0 Å². The van der Waals surface area contributed by atoms with Gasteiger partial charge in [0.05, 0.1) is 6.10 Å². The van der Waals surface area contributed by atoms with E-state index in [1.807, 2.05) is 0 Å². The molecule has 0 radical (unpaired) electrons. The number of hydrogen-bond acceptors (Lipinski definition) is 4. The van der Waals surface area contributed by atoms with E-state index >= 15 is 0 Å². The number of amides is 3. The van der Waals surface area contributed by atoms with Crippen molar-refractivity contribution in [2.24, 2.45) is 5.73 Å². The summed E-state index contributed by atoms with van der Waals surface area (Å²) in [6, 6.07) is -1.69. The van der Waals surface area contributed by atoms with Crippen molar-refractivity contribution >= 4 is 17.9 Å². The first kappa shape index (κ1) is 17.2. The predicted molar refractivity (Wildman–Crippen MR) is 74.6 cm³/mol. The van der Waals surface area contributed by atoms with Crippen molar-refractivity contribution < 1.29 is 24.2 Å². The lowest BCUT2D eigenvalue weighted by molar-refractivity contribution is -0.139. The van der Waals surface area contributed by atoms with Crippen molar-refractivity contribution in [3.63, 3.8) is 0 Å². The quantitative estimate of drug-likeness (QED) is 0.500. The van der Waals surface area contributed by atoms with Crippen LogP contribution in [-0.4, -0.2) is 48.3 Å². The SMILES string of the molecule is NC(=O)CCC(NC(=O)NCCC1CCCCO1)C(=O)O. The zero-order chi connectivity index (χ0) is 15.7. The molecule has 3 amide bonds. The van der Waals surface area contributed by atoms with Crippen LogP contribution in [0.15, 0.2) is 0 Å². The molecule has 120 valence electrons. The van der Waals surface area contributed by atoms with Gasteiger partial charge in [-0.1, -0.05) is 0 Å². The Labute approximate surface area is 123 Å². The van der Waals surface area contributed by atoms with Gasteiger partial charge < -0.3 is 26.2 Å². The van der Waals surface area contributed by atoms with E-state index in [1.54, 1.807) is 0 Å². The number of ether oxygens (including phenoxy) is 1. The van der Waals surface area contributed by atoms with Gasteiger partial charge in [0.15, 0.2) is 0 Å². The predicted octanol–water partition coefficient (Wildman–Crippen LogP) is -0.0365. The van der Waals surface area contributed by atoms with Crippen LogP contribution in [0.4, 0.5) is 4.79 Å². The number of aliphatic carboxylic acids is 1. The van der Waals surface area contributed by atoms with Gasteiger partial charge in [0.25, 0.3) is 0 Å². The Hall–Kier alpha value is -1.83. The molecular weight excluding hydrogens is 278 g/mol. The van der Waals surface area contributed by atoms with Gasteiger partial charge in [-0.25, -0.2) is 9.59 Å². The van der Waals surface area contributed by atoms with Crippen molar-refractivity contribution in [1.82, 2.24) is 10.6 Å². The zero-order valence-corrected chi connectivity index (χ0v) is 12.0. The molecule has 0 spiro atoms. The molecule has 0 aromatic carbocycles. The number of hydrogen-bond donors (Lipinski definition) is 4. The number of urea groups is 1. The fourth-order valence-corrected chi connectivity index (χ4v) is 2.14. The van der Waals surface area contributed by atoms with Crippen LogP contribution in [0.5, 0.6) is 0 Å². The summed E-state index contributed by atoms with van der Waals surface area (Å²) in [5.41, 5.74) is 4.96. The molecule has 21 heavy (non-hydrogen) atoms. The molecular formula is C13H23N3O5. The van der Waals surface area contributed by atoms with Crippen LogP contribution in [-0.2, 0) is 14.3 Å². The third kappa shape index (κ3) is 7.50. The molecule has 0 aromatic rings. The van der Waals surface area contributed by atoms with Crippen molar-refractivity contribution in [1.29, 1.82) is 0 Å². The smallest absolute Gasteiger partial charge is 0.326 e. The average molecular weight is 301 g/mol. The Kier molecular flexibility index (Phi) is 7.52. The van der Waals surface area contributed by atoms with Gasteiger partial charge in [-0.3, -0.25) is 4.79 Å². The number of rotatable bonds is 8. The van der Waals surface area contributed by atoms with Gasteiger partial charge in [-0.15, -0.1) is 0 Å². The van der Waals surface area contributed by atoms with Crippen molar-refractivity contribution in [3.05, 3.63) is 0 Å². The molecule has 1 aliphatic heterocycles. The van der Waals surface area contributed by atoms with E-state index in [4.69, 9.17) is 15.6 Å². The molecule has 0 aliphatic carbocycles. The zero-order valence-electron chi connectivity index (χ0n) is 12.0. The van der Waals surface area contributed by atoms with E-state index < -0.39 is 23.9 Å². The fourth-order valence-electron chi connectivity index (χ4n) is 2.14. The maximum atomic E-state index is 11.6. The summed E-state index contributed by atoms with van der Waals surface area (Å²) in [4.78, 5) is 33.2. The van der Waals surface area contributed by atoms with Crippen LogP contribution in [0.25, 0.3) is 0 Å². The number of carbonyl (C=O) groups excluding carboxylic acids is 2. The van der Waals surface area contributed by atoms with Gasteiger partial charge in [0.1, 0.15) is 6.04 Å².